The third kappa shape index (κ3) is 3.93. The van der Waals surface area contributed by atoms with Crippen LogP contribution in [0.15, 0.2) is 23.4 Å². The number of hydrogen-bond donors (Lipinski definition) is 0. The second kappa shape index (κ2) is 7.07. The van der Waals surface area contributed by atoms with Crippen LogP contribution in [0.4, 0.5) is 0 Å². The Balaban J connectivity index is 2.77. The molecule has 0 radical (unpaired) electrons. The largest absolute Gasteiger partial charge is 0.260 e. The number of hydrogen-bond acceptors (Lipinski definition) is 3. The lowest BCUT2D eigenvalue weighted by Crippen LogP contribution is -2.28. The van der Waals surface area contributed by atoms with E-state index in [0.29, 0.717) is 12.4 Å². The van der Waals surface area contributed by atoms with Crippen LogP contribution in [0.25, 0.3) is 0 Å². The van der Waals surface area contributed by atoms with Crippen molar-refractivity contribution in [3.8, 4) is 0 Å². The molecule has 0 unspecified atom stereocenters. The lowest BCUT2D eigenvalue weighted by Gasteiger charge is -2.16. The van der Waals surface area contributed by atoms with E-state index in [1.165, 1.54) is 16.6 Å². The second-order valence-corrected chi connectivity index (χ2v) is 6.43. The van der Waals surface area contributed by atoms with Gasteiger partial charge in [0.05, 0.1) is 0 Å². The third-order valence-corrected chi connectivity index (χ3v) is 4.78. The van der Waals surface area contributed by atoms with E-state index in [-0.39, 0.29) is 5.03 Å². The molecular formula is C12H19ClN2O2S. The minimum absolute atomic E-state index is 0.0790. The lowest BCUT2D eigenvalue weighted by atomic mass is 10.2. The quantitative estimate of drug-likeness (QED) is 0.573. The number of nitrogens with zero attached hydrogens (tertiary/aromatic N) is 2. The van der Waals surface area contributed by atoms with Crippen LogP contribution in [0.1, 0.15) is 31.7 Å². The van der Waals surface area contributed by atoms with Gasteiger partial charge in [0.1, 0.15) is 0 Å². The second-order valence-electron chi connectivity index (χ2n) is 4.17. The van der Waals surface area contributed by atoms with Crippen molar-refractivity contribution < 1.29 is 8.42 Å². The molecule has 0 bridgehead atoms. The summed E-state index contributed by atoms with van der Waals surface area (Å²) < 4.78 is 25.7. The first-order chi connectivity index (χ1) is 8.52. The Bertz CT molecular complexity index is 459. The highest BCUT2D eigenvalue weighted by Gasteiger charge is 2.21. The zero-order chi connectivity index (χ0) is 13.6. The van der Waals surface area contributed by atoms with Crippen molar-refractivity contribution in [3.05, 3.63) is 23.9 Å². The fourth-order valence-electron chi connectivity index (χ4n) is 1.51. The van der Waals surface area contributed by atoms with E-state index in [1.807, 2.05) is 0 Å². The molecule has 102 valence electrons. The van der Waals surface area contributed by atoms with Gasteiger partial charge in [0.25, 0.3) is 10.0 Å². The van der Waals surface area contributed by atoms with E-state index in [4.69, 9.17) is 11.6 Å². The molecule has 1 aromatic heterocycles. The van der Waals surface area contributed by atoms with Crippen molar-refractivity contribution in [2.75, 3.05) is 13.6 Å². The van der Waals surface area contributed by atoms with Gasteiger partial charge in [-0.15, -0.1) is 11.6 Å². The average Bonchev–Trinajstić information content (AvgIpc) is 2.39. The van der Waals surface area contributed by atoms with Crippen LogP contribution in [0, 0.1) is 0 Å². The van der Waals surface area contributed by atoms with Gasteiger partial charge in [-0.3, -0.25) is 0 Å². The van der Waals surface area contributed by atoms with E-state index in [0.717, 1.165) is 24.8 Å². The van der Waals surface area contributed by atoms with Crippen molar-refractivity contribution in [3.63, 3.8) is 0 Å². The molecule has 0 aliphatic carbocycles. The van der Waals surface area contributed by atoms with Crippen molar-refractivity contribution in [2.45, 2.75) is 37.1 Å². The minimum Gasteiger partial charge on any atom is -0.243 e. The van der Waals surface area contributed by atoms with Crippen LogP contribution >= 0.6 is 11.6 Å². The van der Waals surface area contributed by atoms with Crippen LogP contribution in [-0.4, -0.2) is 31.3 Å². The summed E-state index contributed by atoms with van der Waals surface area (Å²) in [6, 6.07) is 3.19. The molecule has 0 aromatic carbocycles. The summed E-state index contributed by atoms with van der Waals surface area (Å²) in [6.45, 7) is 2.61. The van der Waals surface area contributed by atoms with Gasteiger partial charge in [-0.1, -0.05) is 25.8 Å². The zero-order valence-electron chi connectivity index (χ0n) is 10.8. The molecule has 1 aromatic rings. The van der Waals surface area contributed by atoms with Gasteiger partial charge in [0, 0.05) is 25.7 Å². The molecule has 0 saturated carbocycles. The molecular weight excluding hydrogens is 272 g/mol. The Morgan fingerprint density at radius 3 is 2.56 bits per heavy atom. The fourth-order valence-corrected chi connectivity index (χ4v) is 2.78. The highest BCUT2D eigenvalue weighted by molar-refractivity contribution is 7.89. The molecule has 1 heterocycles. The number of halogens is 1. The molecule has 0 N–H and O–H groups in total. The zero-order valence-corrected chi connectivity index (χ0v) is 12.3. The smallest absolute Gasteiger partial charge is 0.243 e. The molecule has 0 aliphatic heterocycles. The fraction of sp³-hybridized carbons (Fsp3) is 0.583. The number of rotatable bonds is 7. The maximum Gasteiger partial charge on any atom is 0.260 e. The summed E-state index contributed by atoms with van der Waals surface area (Å²) in [5, 5.41) is 0.0790. The molecule has 0 saturated heterocycles. The van der Waals surface area contributed by atoms with Gasteiger partial charge in [-0.25, -0.2) is 13.4 Å². The Morgan fingerprint density at radius 2 is 2.06 bits per heavy atom. The molecule has 0 amide bonds. The molecule has 0 aliphatic rings. The van der Waals surface area contributed by atoms with Crippen LogP contribution < -0.4 is 0 Å². The van der Waals surface area contributed by atoms with Crippen LogP contribution in [0.5, 0.6) is 0 Å². The minimum atomic E-state index is -3.47. The molecule has 0 fully saturated rings. The third-order valence-electron chi connectivity index (χ3n) is 2.70. The predicted molar refractivity (Wildman–Crippen MR) is 73.1 cm³/mol. The van der Waals surface area contributed by atoms with Crippen molar-refractivity contribution in [2.24, 2.45) is 0 Å². The predicted octanol–water partition coefficient (Wildman–Crippen LogP) is 2.63. The SMILES string of the molecule is CCCCCN(C)S(=O)(=O)c1ccc(CCl)cn1. The van der Waals surface area contributed by atoms with E-state index in [1.54, 1.807) is 13.1 Å². The van der Waals surface area contributed by atoms with Crippen molar-refractivity contribution >= 4 is 21.6 Å². The number of pyridine rings is 1. The summed E-state index contributed by atoms with van der Waals surface area (Å²) in [7, 11) is -1.88. The maximum atomic E-state index is 12.2. The highest BCUT2D eigenvalue weighted by atomic mass is 35.5. The summed E-state index contributed by atoms with van der Waals surface area (Å²) in [4.78, 5) is 3.96. The summed E-state index contributed by atoms with van der Waals surface area (Å²) >= 11 is 5.64. The first-order valence-corrected chi connectivity index (χ1v) is 7.97. The summed E-state index contributed by atoms with van der Waals surface area (Å²) in [5.74, 6) is 0.333. The highest BCUT2D eigenvalue weighted by Crippen LogP contribution is 2.13. The Kier molecular flexibility index (Phi) is 6.05. The summed E-state index contributed by atoms with van der Waals surface area (Å²) in [5.41, 5.74) is 0.809. The molecule has 1 rings (SSSR count). The number of sulfonamides is 1. The standard InChI is InChI=1S/C12H19ClN2O2S/c1-3-4-5-8-15(2)18(16,17)12-7-6-11(9-13)10-14-12/h6-7,10H,3-5,8-9H2,1-2H3. The molecule has 6 heteroatoms. The van der Waals surface area contributed by atoms with Gasteiger partial charge in [0.15, 0.2) is 5.03 Å². The van der Waals surface area contributed by atoms with Gasteiger partial charge in [0.2, 0.25) is 0 Å². The normalized spacial score (nSPS) is 12.0. The molecule has 4 nitrogen and oxygen atoms in total. The first-order valence-electron chi connectivity index (χ1n) is 5.99. The van der Waals surface area contributed by atoms with Crippen molar-refractivity contribution in [1.82, 2.24) is 9.29 Å². The number of unbranched alkanes of at least 4 members (excludes halogenated alkanes) is 2. The Labute approximate surface area is 114 Å². The van der Waals surface area contributed by atoms with Gasteiger partial charge < -0.3 is 0 Å². The van der Waals surface area contributed by atoms with E-state index in [9.17, 15) is 8.42 Å². The maximum absolute atomic E-state index is 12.2. The average molecular weight is 291 g/mol. The monoisotopic (exact) mass is 290 g/mol. The van der Waals surface area contributed by atoms with Crippen LogP contribution in [0.3, 0.4) is 0 Å². The lowest BCUT2D eigenvalue weighted by molar-refractivity contribution is 0.452. The first kappa shape index (κ1) is 15.4. The summed E-state index contributed by atoms with van der Waals surface area (Å²) in [6.07, 6.45) is 4.46. The number of aromatic nitrogens is 1. The molecule has 0 atom stereocenters. The number of alkyl halides is 1. The Morgan fingerprint density at radius 1 is 1.33 bits per heavy atom. The van der Waals surface area contributed by atoms with Gasteiger partial charge >= 0.3 is 0 Å². The van der Waals surface area contributed by atoms with Crippen LogP contribution in [0.2, 0.25) is 0 Å². The van der Waals surface area contributed by atoms with Gasteiger partial charge in [-0.05, 0) is 18.1 Å². The molecule has 18 heavy (non-hydrogen) atoms. The van der Waals surface area contributed by atoms with E-state index < -0.39 is 10.0 Å². The molecule has 0 spiro atoms. The van der Waals surface area contributed by atoms with E-state index in [2.05, 4.69) is 11.9 Å². The van der Waals surface area contributed by atoms with Crippen molar-refractivity contribution in [1.29, 1.82) is 0 Å². The van der Waals surface area contributed by atoms with E-state index >= 15 is 0 Å². The van der Waals surface area contributed by atoms with Crippen LogP contribution in [-0.2, 0) is 15.9 Å². The van der Waals surface area contributed by atoms with Gasteiger partial charge in [-0.2, -0.15) is 4.31 Å². The topological polar surface area (TPSA) is 50.3 Å². The Hall–Kier alpha value is -0.650.